The molecular formula is C17H18ClFN2O4. The molecule has 2 amide bonds. The first kappa shape index (κ1) is 18.8. The van der Waals surface area contributed by atoms with E-state index >= 15 is 0 Å². The van der Waals surface area contributed by atoms with Crippen LogP contribution in [0.15, 0.2) is 36.4 Å². The molecule has 0 radical (unpaired) electrons. The highest BCUT2D eigenvalue weighted by molar-refractivity contribution is 6.33. The van der Waals surface area contributed by atoms with Crippen molar-refractivity contribution in [3.05, 3.63) is 52.8 Å². The maximum Gasteiger partial charge on any atom is 0.319 e. The standard InChI is InChI=1S/C17H18ClFN2O4/c1-24-16-8-11(2-5-15(16)25-7-6-22)10-20-17(23)21-14-4-3-12(19)9-13(14)18/h2-5,8-9,22H,6-7,10H2,1H3,(H2,20,21,23). The minimum absolute atomic E-state index is 0.0986. The van der Waals surface area contributed by atoms with Crippen LogP contribution in [0.1, 0.15) is 5.56 Å². The molecule has 2 rings (SSSR count). The van der Waals surface area contributed by atoms with E-state index in [2.05, 4.69) is 10.6 Å². The summed E-state index contributed by atoms with van der Waals surface area (Å²) in [6.07, 6.45) is 0. The number of anilines is 1. The molecule has 2 aromatic rings. The number of amides is 2. The third-order valence-electron chi connectivity index (χ3n) is 3.21. The Labute approximate surface area is 149 Å². The molecule has 25 heavy (non-hydrogen) atoms. The van der Waals surface area contributed by atoms with Gasteiger partial charge in [0.25, 0.3) is 0 Å². The molecule has 0 saturated carbocycles. The predicted molar refractivity (Wildman–Crippen MR) is 92.8 cm³/mol. The van der Waals surface area contributed by atoms with E-state index in [1.54, 1.807) is 18.2 Å². The normalized spacial score (nSPS) is 10.2. The van der Waals surface area contributed by atoms with Gasteiger partial charge in [0.15, 0.2) is 11.5 Å². The number of aliphatic hydroxyl groups is 1. The molecule has 0 atom stereocenters. The van der Waals surface area contributed by atoms with Crippen LogP contribution in [0.5, 0.6) is 11.5 Å². The van der Waals surface area contributed by atoms with Crippen molar-refractivity contribution in [2.75, 3.05) is 25.6 Å². The molecule has 0 fully saturated rings. The van der Waals surface area contributed by atoms with Gasteiger partial charge in [0.2, 0.25) is 0 Å². The van der Waals surface area contributed by atoms with E-state index in [1.807, 2.05) is 0 Å². The first-order valence-electron chi connectivity index (χ1n) is 7.44. The van der Waals surface area contributed by atoms with Gasteiger partial charge in [-0.2, -0.15) is 0 Å². The Balaban J connectivity index is 1.94. The number of carbonyl (C=O) groups is 1. The van der Waals surface area contributed by atoms with E-state index in [0.717, 1.165) is 11.6 Å². The average Bonchev–Trinajstić information content (AvgIpc) is 2.60. The number of halogens is 2. The molecular weight excluding hydrogens is 351 g/mol. The van der Waals surface area contributed by atoms with Gasteiger partial charge in [-0.3, -0.25) is 0 Å². The van der Waals surface area contributed by atoms with Gasteiger partial charge in [-0.05, 0) is 35.9 Å². The van der Waals surface area contributed by atoms with Crippen LogP contribution in [0.4, 0.5) is 14.9 Å². The number of methoxy groups -OCH3 is 1. The zero-order valence-electron chi connectivity index (χ0n) is 13.5. The topological polar surface area (TPSA) is 79.8 Å². The molecule has 0 heterocycles. The second-order valence-corrected chi connectivity index (χ2v) is 5.40. The first-order valence-corrected chi connectivity index (χ1v) is 7.81. The fourth-order valence-electron chi connectivity index (χ4n) is 2.04. The Kier molecular flexibility index (Phi) is 6.85. The van der Waals surface area contributed by atoms with E-state index in [1.165, 1.54) is 19.2 Å². The molecule has 3 N–H and O–H groups in total. The number of hydrogen-bond acceptors (Lipinski definition) is 4. The molecule has 0 spiro atoms. The van der Waals surface area contributed by atoms with Crippen LogP contribution in [-0.2, 0) is 6.54 Å². The Morgan fingerprint density at radius 2 is 2.04 bits per heavy atom. The zero-order chi connectivity index (χ0) is 18.2. The van der Waals surface area contributed by atoms with Crippen molar-refractivity contribution in [3.8, 4) is 11.5 Å². The molecule has 6 nitrogen and oxygen atoms in total. The van der Waals surface area contributed by atoms with Crippen LogP contribution in [0, 0.1) is 5.82 Å². The zero-order valence-corrected chi connectivity index (χ0v) is 14.3. The molecule has 0 unspecified atom stereocenters. The fourth-order valence-corrected chi connectivity index (χ4v) is 2.25. The van der Waals surface area contributed by atoms with Crippen LogP contribution < -0.4 is 20.1 Å². The van der Waals surface area contributed by atoms with Crippen LogP contribution in [0.2, 0.25) is 5.02 Å². The second-order valence-electron chi connectivity index (χ2n) is 4.99. The van der Waals surface area contributed by atoms with Crippen molar-refractivity contribution in [3.63, 3.8) is 0 Å². The summed E-state index contributed by atoms with van der Waals surface area (Å²) >= 11 is 5.86. The van der Waals surface area contributed by atoms with Crippen LogP contribution in [0.3, 0.4) is 0 Å². The lowest BCUT2D eigenvalue weighted by molar-refractivity contribution is 0.196. The van der Waals surface area contributed by atoms with E-state index < -0.39 is 11.8 Å². The van der Waals surface area contributed by atoms with Crippen molar-refractivity contribution in [2.45, 2.75) is 6.54 Å². The van der Waals surface area contributed by atoms with Crippen molar-refractivity contribution in [2.24, 2.45) is 0 Å². The van der Waals surface area contributed by atoms with Crippen molar-refractivity contribution in [1.29, 1.82) is 0 Å². The van der Waals surface area contributed by atoms with Gasteiger partial charge in [0.05, 0.1) is 24.4 Å². The maximum atomic E-state index is 13.0. The van der Waals surface area contributed by atoms with Gasteiger partial charge in [0, 0.05) is 6.54 Å². The molecule has 0 aliphatic carbocycles. The third-order valence-corrected chi connectivity index (χ3v) is 3.52. The van der Waals surface area contributed by atoms with Gasteiger partial charge < -0.3 is 25.2 Å². The largest absolute Gasteiger partial charge is 0.493 e. The second kappa shape index (κ2) is 9.10. The van der Waals surface area contributed by atoms with Crippen molar-refractivity contribution >= 4 is 23.3 Å². The van der Waals surface area contributed by atoms with Crippen LogP contribution in [-0.4, -0.2) is 31.5 Å². The Bertz CT molecular complexity index is 743. The summed E-state index contributed by atoms with van der Waals surface area (Å²) in [5, 5.41) is 14.1. The van der Waals surface area contributed by atoms with Gasteiger partial charge in [0.1, 0.15) is 12.4 Å². The number of urea groups is 1. The SMILES string of the molecule is COc1cc(CNC(=O)Nc2ccc(F)cc2Cl)ccc1OCCO. The van der Waals surface area contributed by atoms with E-state index in [0.29, 0.717) is 17.2 Å². The Morgan fingerprint density at radius 1 is 1.24 bits per heavy atom. The van der Waals surface area contributed by atoms with Gasteiger partial charge in [-0.25, -0.2) is 9.18 Å². The summed E-state index contributed by atoms with van der Waals surface area (Å²) in [6, 6.07) is 8.41. The molecule has 0 saturated heterocycles. The maximum absolute atomic E-state index is 13.0. The smallest absolute Gasteiger partial charge is 0.319 e. The Morgan fingerprint density at radius 3 is 2.72 bits per heavy atom. The number of rotatable bonds is 7. The van der Waals surface area contributed by atoms with Crippen LogP contribution >= 0.6 is 11.6 Å². The van der Waals surface area contributed by atoms with Gasteiger partial charge >= 0.3 is 6.03 Å². The molecule has 0 aliphatic rings. The molecule has 0 bridgehead atoms. The molecule has 134 valence electrons. The average molecular weight is 369 g/mol. The lowest BCUT2D eigenvalue weighted by atomic mass is 10.2. The number of ether oxygens (including phenoxy) is 2. The van der Waals surface area contributed by atoms with Gasteiger partial charge in [-0.15, -0.1) is 0 Å². The van der Waals surface area contributed by atoms with Crippen molar-refractivity contribution in [1.82, 2.24) is 5.32 Å². The highest BCUT2D eigenvalue weighted by Crippen LogP contribution is 2.28. The Hall–Kier alpha value is -2.51. The summed E-state index contributed by atoms with van der Waals surface area (Å²) in [5.41, 5.74) is 1.10. The lowest BCUT2D eigenvalue weighted by Gasteiger charge is -2.12. The summed E-state index contributed by atoms with van der Waals surface area (Å²) in [5.74, 6) is 0.518. The first-order chi connectivity index (χ1) is 12.0. The predicted octanol–water partition coefficient (Wildman–Crippen LogP) is 3.18. The van der Waals surface area contributed by atoms with E-state index in [9.17, 15) is 9.18 Å². The number of benzene rings is 2. The number of nitrogens with one attached hydrogen (secondary N) is 2. The van der Waals surface area contributed by atoms with Crippen LogP contribution in [0.25, 0.3) is 0 Å². The fraction of sp³-hybridized carbons (Fsp3) is 0.235. The van der Waals surface area contributed by atoms with E-state index in [-0.39, 0.29) is 24.8 Å². The number of hydrogen-bond donors (Lipinski definition) is 3. The number of aliphatic hydroxyl groups excluding tert-OH is 1. The monoisotopic (exact) mass is 368 g/mol. The summed E-state index contributed by atoms with van der Waals surface area (Å²) in [6.45, 7) is 0.300. The van der Waals surface area contributed by atoms with E-state index in [4.69, 9.17) is 26.2 Å². The minimum atomic E-state index is -0.480. The highest BCUT2D eigenvalue weighted by Gasteiger charge is 2.09. The minimum Gasteiger partial charge on any atom is -0.493 e. The lowest BCUT2D eigenvalue weighted by Crippen LogP contribution is -2.28. The van der Waals surface area contributed by atoms with Crippen molar-refractivity contribution < 1.29 is 23.8 Å². The van der Waals surface area contributed by atoms with Gasteiger partial charge in [-0.1, -0.05) is 17.7 Å². The summed E-state index contributed by atoms with van der Waals surface area (Å²) in [7, 11) is 1.50. The molecule has 0 aliphatic heterocycles. The summed E-state index contributed by atoms with van der Waals surface area (Å²) < 4.78 is 23.6. The quantitative estimate of drug-likeness (QED) is 0.701. The highest BCUT2D eigenvalue weighted by atomic mass is 35.5. The molecule has 8 heteroatoms. The third kappa shape index (κ3) is 5.51. The summed E-state index contributed by atoms with van der Waals surface area (Å²) in [4.78, 5) is 11.9. The molecule has 2 aromatic carbocycles. The number of carbonyl (C=O) groups excluding carboxylic acids is 1. The molecule has 0 aromatic heterocycles.